The minimum atomic E-state index is -3.72. The molecule has 0 saturated heterocycles. The number of sulfonamides is 1. The number of benzene rings is 2. The lowest BCUT2D eigenvalue weighted by atomic mass is 10.2. The number of carbonyl (C=O) groups is 1. The highest BCUT2D eigenvalue weighted by molar-refractivity contribution is 7.92. The zero-order valence-corrected chi connectivity index (χ0v) is 16.5. The van der Waals surface area contributed by atoms with Crippen LogP contribution in [0.25, 0.3) is 0 Å². The standard InChI is InChI=1S/C18H20ClN3O4S/c1-3-26-17-11-7-6-10-16(17)22(27(2,24)25)13-18(23)21-20-12-14-8-4-5-9-15(14)19/h4-12H,3,13H2,1-2H3,(H,21,23)/b20-12-. The Morgan fingerprint density at radius 2 is 1.89 bits per heavy atom. The van der Waals surface area contributed by atoms with Crippen LogP contribution >= 0.6 is 11.6 Å². The van der Waals surface area contributed by atoms with Gasteiger partial charge in [0.1, 0.15) is 12.3 Å². The van der Waals surface area contributed by atoms with Crippen LogP contribution in [0.3, 0.4) is 0 Å². The van der Waals surface area contributed by atoms with Gasteiger partial charge in [0.15, 0.2) is 0 Å². The summed E-state index contributed by atoms with van der Waals surface area (Å²) in [5.41, 5.74) is 3.22. The number of ether oxygens (including phenoxy) is 1. The summed E-state index contributed by atoms with van der Waals surface area (Å²) in [6.07, 6.45) is 2.41. The molecule has 0 aromatic heterocycles. The first-order valence-corrected chi connectivity index (χ1v) is 10.3. The Morgan fingerprint density at radius 1 is 1.22 bits per heavy atom. The molecule has 0 atom stereocenters. The van der Waals surface area contributed by atoms with E-state index in [1.165, 1.54) is 6.21 Å². The molecule has 9 heteroatoms. The fourth-order valence-electron chi connectivity index (χ4n) is 2.24. The van der Waals surface area contributed by atoms with Gasteiger partial charge in [0, 0.05) is 10.6 Å². The van der Waals surface area contributed by atoms with Gasteiger partial charge in [-0.25, -0.2) is 13.8 Å². The van der Waals surface area contributed by atoms with Gasteiger partial charge in [-0.05, 0) is 25.1 Å². The van der Waals surface area contributed by atoms with E-state index in [-0.39, 0.29) is 5.69 Å². The summed E-state index contributed by atoms with van der Waals surface area (Å²) >= 11 is 6.01. The zero-order valence-electron chi connectivity index (χ0n) is 14.9. The van der Waals surface area contributed by atoms with Crippen molar-refractivity contribution in [3.05, 3.63) is 59.1 Å². The normalized spacial score (nSPS) is 11.4. The summed E-state index contributed by atoms with van der Waals surface area (Å²) in [4.78, 5) is 12.2. The number of anilines is 1. The highest BCUT2D eigenvalue weighted by atomic mass is 35.5. The van der Waals surface area contributed by atoms with Crippen LogP contribution in [-0.4, -0.2) is 39.9 Å². The van der Waals surface area contributed by atoms with E-state index in [4.69, 9.17) is 16.3 Å². The third-order valence-electron chi connectivity index (χ3n) is 3.42. The molecule has 2 aromatic rings. The van der Waals surface area contributed by atoms with Crippen LogP contribution in [0.15, 0.2) is 53.6 Å². The van der Waals surface area contributed by atoms with Crippen molar-refractivity contribution in [2.75, 3.05) is 23.7 Å². The topological polar surface area (TPSA) is 88.1 Å². The highest BCUT2D eigenvalue weighted by Gasteiger charge is 2.23. The fraction of sp³-hybridized carbons (Fsp3) is 0.222. The zero-order chi connectivity index (χ0) is 19.9. The quantitative estimate of drug-likeness (QED) is 0.536. The molecule has 0 saturated carbocycles. The lowest BCUT2D eigenvalue weighted by molar-refractivity contribution is -0.119. The molecule has 144 valence electrons. The first-order chi connectivity index (χ1) is 12.8. The molecule has 0 bridgehead atoms. The first-order valence-electron chi connectivity index (χ1n) is 8.09. The van der Waals surface area contributed by atoms with Gasteiger partial charge < -0.3 is 4.74 Å². The molecule has 0 unspecified atom stereocenters. The summed E-state index contributed by atoms with van der Waals surface area (Å²) in [7, 11) is -3.72. The van der Waals surface area contributed by atoms with Crippen LogP contribution < -0.4 is 14.5 Å². The summed E-state index contributed by atoms with van der Waals surface area (Å²) < 4.78 is 30.8. The van der Waals surface area contributed by atoms with Crippen LogP contribution in [0.2, 0.25) is 5.02 Å². The molecule has 0 aliphatic heterocycles. The molecule has 0 aliphatic carbocycles. The van der Waals surface area contributed by atoms with E-state index in [0.717, 1.165) is 10.6 Å². The van der Waals surface area contributed by atoms with Gasteiger partial charge in [-0.2, -0.15) is 5.10 Å². The van der Waals surface area contributed by atoms with E-state index in [2.05, 4.69) is 10.5 Å². The van der Waals surface area contributed by atoms with Crippen LogP contribution in [0.4, 0.5) is 5.69 Å². The van der Waals surface area contributed by atoms with Crippen molar-refractivity contribution in [2.24, 2.45) is 5.10 Å². The summed E-state index contributed by atoms with van der Waals surface area (Å²) in [5.74, 6) is -0.229. The maximum atomic E-state index is 12.2. The lowest BCUT2D eigenvalue weighted by Crippen LogP contribution is -2.39. The Labute approximate surface area is 163 Å². The molecule has 0 radical (unpaired) electrons. The monoisotopic (exact) mass is 409 g/mol. The largest absolute Gasteiger partial charge is 0.492 e. The number of hydrogen-bond acceptors (Lipinski definition) is 5. The van der Waals surface area contributed by atoms with Crippen molar-refractivity contribution in [1.82, 2.24) is 5.43 Å². The Hall–Kier alpha value is -2.58. The Morgan fingerprint density at radius 3 is 2.56 bits per heavy atom. The number of carbonyl (C=O) groups excluding carboxylic acids is 1. The van der Waals surface area contributed by atoms with Gasteiger partial charge in [-0.15, -0.1) is 0 Å². The van der Waals surface area contributed by atoms with Crippen LogP contribution in [0, 0.1) is 0 Å². The number of amides is 1. The van der Waals surface area contributed by atoms with E-state index >= 15 is 0 Å². The molecule has 2 aromatic carbocycles. The maximum absolute atomic E-state index is 12.2. The van der Waals surface area contributed by atoms with E-state index < -0.39 is 22.5 Å². The molecule has 0 fully saturated rings. The average Bonchev–Trinajstić information content (AvgIpc) is 2.61. The molecular formula is C18H20ClN3O4S. The second-order valence-electron chi connectivity index (χ2n) is 5.49. The van der Waals surface area contributed by atoms with E-state index in [1.54, 1.807) is 55.5 Å². The predicted molar refractivity (Wildman–Crippen MR) is 107 cm³/mol. The van der Waals surface area contributed by atoms with E-state index in [9.17, 15) is 13.2 Å². The highest BCUT2D eigenvalue weighted by Crippen LogP contribution is 2.29. The van der Waals surface area contributed by atoms with E-state index in [0.29, 0.717) is 22.9 Å². The van der Waals surface area contributed by atoms with Gasteiger partial charge >= 0.3 is 0 Å². The summed E-state index contributed by atoms with van der Waals surface area (Å²) in [6.45, 7) is 1.71. The number of nitrogens with one attached hydrogen (secondary N) is 1. The Kier molecular flexibility index (Phi) is 7.20. The fourth-order valence-corrected chi connectivity index (χ4v) is 3.29. The SMILES string of the molecule is CCOc1ccccc1N(CC(=O)N/N=C\c1ccccc1Cl)S(C)(=O)=O. The maximum Gasteiger partial charge on any atom is 0.260 e. The molecule has 2 rings (SSSR count). The second kappa shape index (κ2) is 9.38. The lowest BCUT2D eigenvalue weighted by Gasteiger charge is -2.23. The molecule has 7 nitrogen and oxygen atoms in total. The third kappa shape index (κ3) is 5.97. The smallest absolute Gasteiger partial charge is 0.260 e. The first kappa shape index (κ1) is 20.7. The van der Waals surface area contributed by atoms with Crippen molar-refractivity contribution >= 4 is 39.4 Å². The van der Waals surface area contributed by atoms with Crippen molar-refractivity contribution in [1.29, 1.82) is 0 Å². The predicted octanol–water partition coefficient (Wildman–Crippen LogP) is 2.66. The number of hydrogen-bond donors (Lipinski definition) is 1. The molecule has 0 aliphatic rings. The van der Waals surface area contributed by atoms with Crippen molar-refractivity contribution in [3.63, 3.8) is 0 Å². The van der Waals surface area contributed by atoms with Gasteiger partial charge in [-0.3, -0.25) is 9.10 Å². The molecule has 1 amide bonds. The van der Waals surface area contributed by atoms with Gasteiger partial charge in [-0.1, -0.05) is 41.9 Å². The molecular weight excluding hydrogens is 390 g/mol. The van der Waals surface area contributed by atoms with Gasteiger partial charge in [0.05, 0.1) is 24.8 Å². The van der Waals surface area contributed by atoms with Crippen LogP contribution in [0.5, 0.6) is 5.75 Å². The average molecular weight is 410 g/mol. The number of nitrogens with zero attached hydrogens (tertiary/aromatic N) is 2. The Bertz CT molecular complexity index is 932. The minimum absolute atomic E-state index is 0.284. The third-order valence-corrected chi connectivity index (χ3v) is 4.89. The molecule has 0 spiro atoms. The van der Waals surface area contributed by atoms with Crippen molar-refractivity contribution in [3.8, 4) is 5.75 Å². The van der Waals surface area contributed by atoms with Crippen molar-refractivity contribution in [2.45, 2.75) is 6.92 Å². The van der Waals surface area contributed by atoms with Crippen LogP contribution in [0.1, 0.15) is 12.5 Å². The minimum Gasteiger partial charge on any atom is -0.492 e. The number of rotatable bonds is 8. The van der Waals surface area contributed by atoms with Gasteiger partial charge in [0.2, 0.25) is 10.0 Å². The summed E-state index contributed by atoms with van der Waals surface area (Å²) in [6, 6.07) is 13.6. The van der Waals surface area contributed by atoms with Gasteiger partial charge in [0.25, 0.3) is 5.91 Å². The van der Waals surface area contributed by atoms with Crippen LogP contribution in [-0.2, 0) is 14.8 Å². The number of hydrazone groups is 1. The number of para-hydroxylation sites is 2. The summed E-state index contributed by atoms with van der Waals surface area (Å²) in [5, 5.41) is 4.31. The van der Waals surface area contributed by atoms with E-state index in [1.807, 2.05) is 0 Å². The van der Waals surface area contributed by atoms with Crippen molar-refractivity contribution < 1.29 is 17.9 Å². The number of halogens is 1. The Balaban J connectivity index is 2.15. The molecule has 1 N–H and O–H groups in total. The molecule has 27 heavy (non-hydrogen) atoms. The second-order valence-corrected chi connectivity index (χ2v) is 7.80. The molecule has 0 heterocycles.